The van der Waals surface area contributed by atoms with Crippen LogP contribution >= 0.6 is 50.9 Å². The Kier molecular flexibility index (Phi) is 8.54. The van der Waals surface area contributed by atoms with E-state index in [-0.39, 0.29) is 17.4 Å². The minimum absolute atomic E-state index is 0.0108. The molecule has 3 aromatic rings. The summed E-state index contributed by atoms with van der Waals surface area (Å²) in [5.41, 5.74) is 1.35. The van der Waals surface area contributed by atoms with Crippen LogP contribution in [0.2, 0.25) is 10.0 Å². The molecule has 0 aliphatic heterocycles. The van der Waals surface area contributed by atoms with Crippen molar-refractivity contribution in [3.63, 3.8) is 0 Å². The molecule has 0 saturated carbocycles. The van der Waals surface area contributed by atoms with Crippen LogP contribution in [0.25, 0.3) is 5.69 Å². The molecule has 0 spiro atoms. The molecule has 10 heteroatoms. The molecule has 0 aliphatic rings. The van der Waals surface area contributed by atoms with Gasteiger partial charge in [0.05, 0.1) is 11.4 Å². The van der Waals surface area contributed by atoms with E-state index < -0.39 is 0 Å². The number of amides is 1. The number of hydrogen-bond donors (Lipinski definition) is 1. The van der Waals surface area contributed by atoms with E-state index in [1.807, 2.05) is 16.7 Å². The highest BCUT2D eigenvalue weighted by atomic mass is 79.9. The third-order valence-electron chi connectivity index (χ3n) is 4.26. The number of carbonyl (C=O) groups is 2. The summed E-state index contributed by atoms with van der Waals surface area (Å²) < 4.78 is 2.77. The maximum atomic E-state index is 12.6. The second-order valence-corrected chi connectivity index (χ2v) is 9.40. The lowest BCUT2D eigenvalue weighted by Gasteiger charge is -2.11. The number of carbonyl (C=O) groups excluding carboxylic acids is 2. The van der Waals surface area contributed by atoms with Gasteiger partial charge in [-0.1, -0.05) is 63.0 Å². The second kappa shape index (κ2) is 11.1. The van der Waals surface area contributed by atoms with Gasteiger partial charge in [-0.3, -0.25) is 14.2 Å². The first kappa shape index (κ1) is 23.8. The largest absolute Gasteiger partial charge is 0.356 e. The molecular formula is C21H19BrCl2N4O2S. The summed E-state index contributed by atoms with van der Waals surface area (Å²) in [4.78, 5) is 23.7. The van der Waals surface area contributed by atoms with Crippen molar-refractivity contribution in [1.82, 2.24) is 20.1 Å². The molecule has 0 unspecified atom stereocenters. The zero-order chi connectivity index (χ0) is 22.4. The van der Waals surface area contributed by atoms with Gasteiger partial charge >= 0.3 is 0 Å². The molecule has 0 bridgehead atoms. The Balaban J connectivity index is 1.82. The molecular weight excluding hydrogens is 523 g/mol. The number of aromatic nitrogens is 3. The van der Waals surface area contributed by atoms with Crippen molar-refractivity contribution < 1.29 is 9.59 Å². The second-order valence-electron chi connectivity index (χ2n) is 6.67. The Bertz CT molecular complexity index is 1070. The Morgan fingerprint density at radius 3 is 2.42 bits per heavy atom. The van der Waals surface area contributed by atoms with Gasteiger partial charge < -0.3 is 5.32 Å². The third kappa shape index (κ3) is 6.80. The van der Waals surface area contributed by atoms with Gasteiger partial charge in [-0.15, -0.1) is 10.2 Å². The lowest BCUT2D eigenvalue weighted by Crippen LogP contribution is -2.21. The van der Waals surface area contributed by atoms with Gasteiger partial charge in [-0.05, 0) is 36.8 Å². The number of hydrogen-bond acceptors (Lipinski definition) is 5. The average molecular weight is 542 g/mol. The Morgan fingerprint density at radius 1 is 1.10 bits per heavy atom. The van der Waals surface area contributed by atoms with E-state index >= 15 is 0 Å². The molecule has 1 aromatic heterocycles. The maximum absolute atomic E-state index is 12.6. The number of nitrogens with zero attached hydrogens (tertiary/aromatic N) is 3. The molecule has 0 aliphatic carbocycles. The Morgan fingerprint density at radius 2 is 1.77 bits per heavy atom. The summed E-state index contributed by atoms with van der Waals surface area (Å²) in [5, 5.41) is 12.9. The normalized spacial score (nSPS) is 10.8. The summed E-state index contributed by atoms with van der Waals surface area (Å²) in [6.07, 6.45) is 1.27. The van der Waals surface area contributed by atoms with Crippen molar-refractivity contribution in [2.24, 2.45) is 0 Å². The Hall–Kier alpha value is -1.87. The van der Waals surface area contributed by atoms with Crippen LogP contribution in [0.5, 0.6) is 0 Å². The summed E-state index contributed by atoms with van der Waals surface area (Å²) in [5.74, 6) is 0.816. The molecule has 0 atom stereocenters. The Labute approximate surface area is 202 Å². The predicted octanol–water partition coefficient (Wildman–Crippen LogP) is 5.38. The van der Waals surface area contributed by atoms with Gasteiger partial charge in [0.15, 0.2) is 10.9 Å². The molecule has 162 valence electrons. The monoisotopic (exact) mass is 540 g/mol. The summed E-state index contributed by atoms with van der Waals surface area (Å²) in [7, 11) is 0. The van der Waals surface area contributed by atoms with Gasteiger partial charge in [0.2, 0.25) is 5.91 Å². The molecule has 31 heavy (non-hydrogen) atoms. The number of ketones is 1. The third-order valence-corrected chi connectivity index (χ3v) is 6.15. The first-order valence-electron chi connectivity index (χ1n) is 9.40. The zero-order valence-corrected chi connectivity index (χ0v) is 20.5. The van der Waals surface area contributed by atoms with Crippen LogP contribution in [0.3, 0.4) is 0 Å². The number of halogens is 3. The molecule has 2 aromatic carbocycles. The summed E-state index contributed by atoms with van der Waals surface area (Å²) >= 11 is 17.1. The molecule has 1 heterocycles. The van der Waals surface area contributed by atoms with E-state index in [0.29, 0.717) is 46.0 Å². The highest BCUT2D eigenvalue weighted by molar-refractivity contribution is 9.10. The fourth-order valence-corrected chi connectivity index (χ4v) is 4.49. The fraction of sp³-hybridized carbons (Fsp3) is 0.238. The van der Waals surface area contributed by atoms with Crippen LogP contribution in [0.4, 0.5) is 0 Å². The lowest BCUT2D eigenvalue weighted by molar-refractivity contribution is -0.118. The van der Waals surface area contributed by atoms with Crippen LogP contribution < -0.4 is 5.32 Å². The molecule has 3 rings (SSSR count). The summed E-state index contributed by atoms with van der Waals surface area (Å²) in [6, 6.07) is 12.4. The lowest BCUT2D eigenvalue weighted by atomic mass is 10.2. The van der Waals surface area contributed by atoms with Crippen LogP contribution in [0.1, 0.15) is 29.5 Å². The van der Waals surface area contributed by atoms with Crippen molar-refractivity contribution in [3.8, 4) is 5.69 Å². The van der Waals surface area contributed by atoms with Gasteiger partial charge in [0.25, 0.3) is 0 Å². The van der Waals surface area contributed by atoms with Crippen LogP contribution in [-0.2, 0) is 11.2 Å². The van der Waals surface area contributed by atoms with Crippen molar-refractivity contribution >= 4 is 62.6 Å². The highest BCUT2D eigenvalue weighted by Gasteiger charge is 2.17. The van der Waals surface area contributed by atoms with Gasteiger partial charge in [-0.2, -0.15) is 0 Å². The predicted molar refractivity (Wildman–Crippen MR) is 128 cm³/mol. The first-order chi connectivity index (χ1) is 14.8. The molecule has 0 radical (unpaired) electrons. The van der Waals surface area contributed by atoms with E-state index in [0.717, 1.165) is 10.2 Å². The van der Waals surface area contributed by atoms with Crippen molar-refractivity contribution in [2.75, 3.05) is 12.3 Å². The number of thioether (sulfide) groups is 1. The quantitative estimate of drug-likeness (QED) is 0.223. The van der Waals surface area contributed by atoms with Crippen LogP contribution in [-0.4, -0.2) is 38.8 Å². The molecule has 0 fully saturated rings. The van der Waals surface area contributed by atoms with Crippen LogP contribution in [0.15, 0.2) is 52.1 Å². The zero-order valence-electron chi connectivity index (χ0n) is 16.6. The smallest absolute Gasteiger partial charge is 0.216 e. The first-order valence-corrected chi connectivity index (χ1v) is 11.9. The fourth-order valence-electron chi connectivity index (χ4n) is 2.84. The van der Waals surface area contributed by atoms with E-state index in [4.69, 9.17) is 23.2 Å². The van der Waals surface area contributed by atoms with Crippen LogP contribution in [0, 0.1) is 0 Å². The average Bonchev–Trinajstić information content (AvgIpc) is 3.12. The van der Waals surface area contributed by atoms with Crippen molar-refractivity contribution in [2.45, 2.75) is 24.9 Å². The number of Topliss-reactive ketones (excluding diaryl/α,β-unsaturated/α-hetero) is 1. The van der Waals surface area contributed by atoms with Gasteiger partial charge in [-0.25, -0.2) is 0 Å². The minimum Gasteiger partial charge on any atom is -0.356 e. The maximum Gasteiger partial charge on any atom is 0.216 e. The van der Waals surface area contributed by atoms with Crippen molar-refractivity contribution in [3.05, 3.63) is 68.4 Å². The number of benzene rings is 2. The van der Waals surface area contributed by atoms with E-state index in [9.17, 15) is 9.59 Å². The molecule has 0 saturated heterocycles. The molecule has 1 amide bonds. The van der Waals surface area contributed by atoms with E-state index in [2.05, 4.69) is 31.4 Å². The summed E-state index contributed by atoms with van der Waals surface area (Å²) in [6.45, 7) is 2.01. The number of rotatable bonds is 9. The highest BCUT2D eigenvalue weighted by Crippen LogP contribution is 2.28. The topological polar surface area (TPSA) is 76.9 Å². The van der Waals surface area contributed by atoms with E-state index in [1.165, 1.54) is 18.7 Å². The minimum atomic E-state index is -0.0780. The standard InChI is InChI=1S/C21H19BrCl2N4O2S/c1-13(29)25-8-2-3-20-26-27-21(28(20)18-10-16(23)9-17(24)11-18)31-12-19(30)14-4-6-15(22)7-5-14/h4-7,9-11H,2-3,8,12H2,1H3,(H,25,29). The van der Waals surface area contributed by atoms with Gasteiger partial charge in [0, 0.05) is 40.0 Å². The van der Waals surface area contributed by atoms with Gasteiger partial charge in [0.1, 0.15) is 5.82 Å². The molecule has 6 nitrogen and oxygen atoms in total. The number of nitrogens with one attached hydrogen (secondary N) is 1. The SMILES string of the molecule is CC(=O)NCCCc1nnc(SCC(=O)c2ccc(Br)cc2)n1-c1cc(Cl)cc(Cl)c1. The van der Waals surface area contributed by atoms with Crippen molar-refractivity contribution in [1.29, 1.82) is 0 Å². The number of aryl methyl sites for hydroxylation is 1. The van der Waals surface area contributed by atoms with E-state index in [1.54, 1.807) is 30.3 Å². The molecule has 1 N–H and O–H groups in total.